The van der Waals surface area contributed by atoms with Gasteiger partial charge in [0.25, 0.3) is 0 Å². The normalized spacial score (nSPS) is 11.6. The van der Waals surface area contributed by atoms with Gasteiger partial charge in [-0.25, -0.2) is 0 Å². The maximum Gasteiger partial charge on any atom is 0.361 e. The Bertz CT molecular complexity index is 522. The number of aliphatic carboxylic acids is 1. The Morgan fingerprint density at radius 2 is 1.90 bits per heavy atom. The van der Waals surface area contributed by atoms with Crippen LogP contribution in [0.3, 0.4) is 0 Å². The van der Waals surface area contributed by atoms with E-state index in [1.165, 1.54) is 0 Å². The van der Waals surface area contributed by atoms with Crippen LogP contribution in [0.1, 0.15) is 31.4 Å². The highest BCUT2D eigenvalue weighted by Gasteiger charge is 2.29. The van der Waals surface area contributed by atoms with E-state index in [2.05, 4.69) is 15.9 Å². The number of carboxylic acid groups (broad SMARTS) is 1. The van der Waals surface area contributed by atoms with Crippen LogP contribution < -0.4 is 5.30 Å². The van der Waals surface area contributed by atoms with Crippen molar-refractivity contribution in [3.05, 3.63) is 29.3 Å². The van der Waals surface area contributed by atoms with Crippen molar-refractivity contribution in [2.45, 2.75) is 32.0 Å². The molecule has 0 unspecified atom stereocenters. The molecule has 0 spiro atoms. The smallest absolute Gasteiger partial charge is 0.361 e. The fourth-order valence-electron chi connectivity index (χ4n) is 1.90. The van der Waals surface area contributed by atoms with Crippen molar-refractivity contribution < 1.29 is 23.5 Å². The molecule has 0 aliphatic heterocycles. The Morgan fingerprint density at radius 1 is 1.29 bits per heavy atom. The molecule has 1 rings (SSSR count). The van der Waals surface area contributed by atoms with E-state index in [1.807, 2.05) is 12.1 Å². The van der Waals surface area contributed by atoms with Crippen LogP contribution >= 0.6 is 23.5 Å². The number of halogens is 1. The summed E-state index contributed by atoms with van der Waals surface area (Å²) in [5, 5.41) is 9.79. The van der Waals surface area contributed by atoms with Gasteiger partial charge in [0, 0.05) is 11.8 Å². The van der Waals surface area contributed by atoms with Crippen LogP contribution in [0.5, 0.6) is 0 Å². The van der Waals surface area contributed by atoms with Crippen molar-refractivity contribution in [1.82, 2.24) is 0 Å². The van der Waals surface area contributed by atoms with Crippen LogP contribution in [0.2, 0.25) is 0 Å². The first kappa shape index (κ1) is 18.4. The van der Waals surface area contributed by atoms with Crippen molar-refractivity contribution in [1.29, 1.82) is 0 Å². The first-order valence-corrected chi connectivity index (χ1v) is 9.42. The number of hydrogen-bond donors (Lipinski definition) is 1. The largest absolute Gasteiger partial charge is 0.481 e. The van der Waals surface area contributed by atoms with Gasteiger partial charge in [-0.1, -0.05) is 28.1 Å². The molecule has 0 saturated heterocycles. The Balaban J connectivity index is 3.19. The summed E-state index contributed by atoms with van der Waals surface area (Å²) in [6.45, 7) is 4.07. The van der Waals surface area contributed by atoms with Gasteiger partial charge in [-0.15, -0.1) is 0 Å². The Morgan fingerprint density at radius 3 is 2.38 bits per heavy atom. The van der Waals surface area contributed by atoms with E-state index in [9.17, 15) is 9.36 Å². The minimum absolute atomic E-state index is 0.0284. The summed E-state index contributed by atoms with van der Waals surface area (Å²) in [4.78, 5) is 10.7. The van der Waals surface area contributed by atoms with Crippen molar-refractivity contribution in [2.75, 3.05) is 13.2 Å². The van der Waals surface area contributed by atoms with Gasteiger partial charge in [0.05, 0.1) is 18.5 Å². The highest BCUT2D eigenvalue weighted by atomic mass is 79.9. The Hall–Kier alpha value is -0.680. The third-order valence-corrected chi connectivity index (χ3v) is 5.62. The third-order valence-electron chi connectivity index (χ3n) is 2.81. The van der Waals surface area contributed by atoms with Crippen molar-refractivity contribution >= 4 is 34.8 Å². The average molecular weight is 379 g/mol. The van der Waals surface area contributed by atoms with Gasteiger partial charge >= 0.3 is 13.6 Å². The van der Waals surface area contributed by atoms with Gasteiger partial charge < -0.3 is 14.2 Å². The van der Waals surface area contributed by atoms with E-state index in [-0.39, 0.29) is 19.6 Å². The topological polar surface area (TPSA) is 72.8 Å². The standard InChI is InChI=1S/C14H20BrO5P/c1-3-19-21(18,20-4-2)13-9-11(6-8-14(16)17)5-7-12(13)10-15/h5,7,9H,3-4,6,8,10H2,1-2H3,(H,16,17). The van der Waals surface area contributed by atoms with Crippen LogP contribution in [0.25, 0.3) is 0 Å². The molecule has 1 aromatic rings. The van der Waals surface area contributed by atoms with E-state index in [0.29, 0.717) is 17.1 Å². The zero-order valence-corrected chi connectivity index (χ0v) is 14.7. The van der Waals surface area contributed by atoms with Crippen molar-refractivity contribution in [3.63, 3.8) is 0 Å². The van der Waals surface area contributed by atoms with E-state index < -0.39 is 13.6 Å². The van der Waals surface area contributed by atoms with Crippen molar-refractivity contribution in [3.8, 4) is 0 Å². The molecule has 0 heterocycles. The molecule has 21 heavy (non-hydrogen) atoms. The molecule has 0 aromatic heterocycles. The molecule has 0 saturated carbocycles. The molecule has 5 nitrogen and oxygen atoms in total. The SMILES string of the molecule is CCOP(=O)(OCC)c1cc(CCC(=O)O)ccc1CBr. The van der Waals surface area contributed by atoms with Gasteiger partial charge in [0.1, 0.15) is 0 Å². The molecule has 1 aromatic carbocycles. The predicted octanol–water partition coefficient (Wildman–Crippen LogP) is 3.49. The molecule has 0 aliphatic rings. The van der Waals surface area contributed by atoms with E-state index in [4.69, 9.17) is 14.2 Å². The Labute approximate surface area is 133 Å². The summed E-state index contributed by atoms with van der Waals surface area (Å²) in [5.74, 6) is -0.862. The molecule has 0 aliphatic carbocycles. The number of rotatable bonds is 9. The molecule has 118 valence electrons. The molecule has 0 fully saturated rings. The third kappa shape index (κ3) is 5.22. The molecular formula is C14H20BrO5P. The first-order chi connectivity index (χ1) is 9.96. The quantitative estimate of drug-likeness (QED) is 0.525. The number of benzene rings is 1. The number of hydrogen-bond acceptors (Lipinski definition) is 4. The number of aryl methyl sites for hydroxylation is 1. The molecule has 0 amide bonds. The molecule has 0 atom stereocenters. The van der Waals surface area contributed by atoms with E-state index in [1.54, 1.807) is 19.9 Å². The van der Waals surface area contributed by atoms with Gasteiger partial charge in [-0.2, -0.15) is 0 Å². The van der Waals surface area contributed by atoms with Crippen LogP contribution in [0.15, 0.2) is 18.2 Å². The van der Waals surface area contributed by atoms with Crippen LogP contribution in [0.4, 0.5) is 0 Å². The summed E-state index contributed by atoms with van der Waals surface area (Å²) in [5.41, 5.74) is 1.62. The minimum atomic E-state index is -3.38. The van der Waals surface area contributed by atoms with Gasteiger partial charge in [0.2, 0.25) is 0 Å². The first-order valence-electron chi connectivity index (χ1n) is 6.76. The summed E-state index contributed by atoms with van der Waals surface area (Å²) < 4.78 is 23.7. The fraction of sp³-hybridized carbons (Fsp3) is 0.500. The fourth-order valence-corrected chi connectivity index (χ4v) is 4.47. The number of alkyl halides is 1. The highest BCUT2D eigenvalue weighted by molar-refractivity contribution is 9.08. The lowest BCUT2D eigenvalue weighted by Gasteiger charge is -2.20. The highest BCUT2D eigenvalue weighted by Crippen LogP contribution is 2.48. The van der Waals surface area contributed by atoms with Crippen LogP contribution in [-0.2, 0) is 30.2 Å². The van der Waals surface area contributed by atoms with E-state index >= 15 is 0 Å². The predicted molar refractivity (Wildman–Crippen MR) is 85.5 cm³/mol. The minimum Gasteiger partial charge on any atom is -0.481 e. The lowest BCUT2D eigenvalue weighted by Crippen LogP contribution is -2.16. The second kappa shape index (κ2) is 8.69. The van der Waals surface area contributed by atoms with Gasteiger partial charge in [0.15, 0.2) is 0 Å². The number of carbonyl (C=O) groups is 1. The number of carboxylic acids is 1. The zero-order valence-electron chi connectivity index (χ0n) is 12.2. The molecule has 0 radical (unpaired) electrons. The molecule has 1 N–H and O–H groups in total. The monoisotopic (exact) mass is 378 g/mol. The van der Waals surface area contributed by atoms with Crippen LogP contribution in [-0.4, -0.2) is 24.3 Å². The zero-order chi connectivity index (χ0) is 15.9. The average Bonchev–Trinajstić information content (AvgIpc) is 2.45. The molecule has 0 bridgehead atoms. The summed E-state index contributed by atoms with van der Waals surface area (Å²) in [6, 6.07) is 5.39. The maximum absolute atomic E-state index is 12.9. The summed E-state index contributed by atoms with van der Waals surface area (Å²) in [6.07, 6.45) is 0.407. The molecular weight excluding hydrogens is 359 g/mol. The maximum atomic E-state index is 12.9. The lowest BCUT2D eigenvalue weighted by molar-refractivity contribution is -0.136. The second-order valence-electron chi connectivity index (χ2n) is 4.32. The molecule has 7 heteroatoms. The van der Waals surface area contributed by atoms with Gasteiger partial charge in [-0.05, 0) is 37.5 Å². The Kier molecular flexibility index (Phi) is 7.60. The van der Waals surface area contributed by atoms with Gasteiger partial charge in [-0.3, -0.25) is 9.36 Å². The lowest BCUT2D eigenvalue weighted by atomic mass is 10.1. The van der Waals surface area contributed by atoms with Crippen LogP contribution in [0, 0.1) is 0 Å². The second-order valence-corrected chi connectivity index (χ2v) is 6.88. The van der Waals surface area contributed by atoms with Crippen molar-refractivity contribution in [2.24, 2.45) is 0 Å². The summed E-state index contributed by atoms with van der Waals surface area (Å²) >= 11 is 3.36. The van der Waals surface area contributed by atoms with E-state index in [0.717, 1.165) is 11.1 Å². The summed E-state index contributed by atoms with van der Waals surface area (Å²) in [7, 11) is -3.38.